The third-order valence-electron chi connectivity index (χ3n) is 7.17. The zero-order valence-electron chi connectivity index (χ0n) is 16.4. The standard InChI is InChI=1S/C21H31N3O2/c1-15-12-18(16(2)22(15)3)19(25)24-11-9-21(14-24)8-5-10-23(20(21)26)13-17-6-4-7-17/h12,17H,4-11,13-14H2,1-3H3/t21-/m0/s1. The molecule has 0 unspecified atom stereocenters. The maximum atomic E-state index is 13.2. The van der Waals surface area contributed by atoms with Gasteiger partial charge in [-0.05, 0) is 57.9 Å². The summed E-state index contributed by atoms with van der Waals surface area (Å²) < 4.78 is 2.06. The summed E-state index contributed by atoms with van der Waals surface area (Å²) in [5.41, 5.74) is 2.57. The summed E-state index contributed by atoms with van der Waals surface area (Å²) in [6.45, 7) is 7.17. The van der Waals surface area contributed by atoms with Crippen LogP contribution in [0.1, 0.15) is 60.3 Å². The molecule has 1 aromatic heterocycles. The van der Waals surface area contributed by atoms with Crippen LogP contribution in [0.5, 0.6) is 0 Å². The zero-order chi connectivity index (χ0) is 18.5. The molecule has 0 radical (unpaired) electrons. The molecule has 1 spiro atoms. The number of nitrogens with zero attached hydrogens (tertiary/aromatic N) is 3. The number of carbonyl (C=O) groups excluding carboxylic acids is 2. The molecule has 0 N–H and O–H groups in total. The van der Waals surface area contributed by atoms with Gasteiger partial charge in [0.2, 0.25) is 5.91 Å². The molecule has 1 aliphatic carbocycles. The first-order valence-corrected chi connectivity index (χ1v) is 10.1. The van der Waals surface area contributed by atoms with E-state index in [1.54, 1.807) is 0 Å². The van der Waals surface area contributed by atoms with Crippen molar-refractivity contribution >= 4 is 11.8 Å². The highest BCUT2D eigenvalue weighted by atomic mass is 16.2. The number of hydrogen-bond donors (Lipinski definition) is 0. The van der Waals surface area contributed by atoms with Crippen molar-refractivity contribution in [2.24, 2.45) is 18.4 Å². The second-order valence-electron chi connectivity index (χ2n) is 8.75. The Bertz CT molecular complexity index is 734. The van der Waals surface area contributed by atoms with E-state index in [0.717, 1.165) is 49.3 Å². The minimum Gasteiger partial charge on any atom is -0.351 e. The number of piperidine rings is 1. The van der Waals surface area contributed by atoms with Gasteiger partial charge >= 0.3 is 0 Å². The topological polar surface area (TPSA) is 45.6 Å². The Morgan fingerprint density at radius 1 is 1.19 bits per heavy atom. The lowest BCUT2D eigenvalue weighted by Gasteiger charge is -2.42. The maximum Gasteiger partial charge on any atom is 0.255 e. The minimum atomic E-state index is -0.324. The molecule has 0 bridgehead atoms. The molecular formula is C21H31N3O2. The predicted octanol–water partition coefficient (Wildman–Crippen LogP) is 2.90. The Hall–Kier alpha value is -1.78. The van der Waals surface area contributed by atoms with Crippen molar-refractivity contribution in [3.63, 3.8) is 0 Å². The molecule has 2 aliphatic heterocycles. The molecule has 4 rings (SSSR count). The number of hydrogen-bond acceptors (Lipinski definition) is 2. The van der Waals surface area contributed by atoms with Crippen molar-refractivity contribution in [2.45, 2.75) is 52.4 Å². The maximum absolute atomic E-state index is 13.2. The third kappa shape index (κ3) is 2.76. The Morgan fingerprint density at radius 2 is 1.96 bits per heavy atom. The van der Waals surface area contributed by atoms with E-state index in [0.29, 0.717) is 24.9 Å². The molecular weight excluding hydrogens is 326 g/mol. The molecule has 2 saturated heterocycles. The van der Waals surface area contributed by atoms with E-state index in [2.05, 4.69) is 9.47 Å². The average molecular weight is 357 g/mol. The highest BCUT2D eigenvalue weighted by Gasteiger charge is 2.49. The van der Waals surface area contributed by atoms with Crippen molar-refractivity contribution in [3.8, 4) is 0 Å². The van der Waals surface area contributed by atoms with Gasteiger partial charge in [0.15, 0.2) is 0 Å². The van der Waals surface area contributed by atoms with Crippen LogP contribution in [0.25, 0.3) is 0 Å². The highest BCUT2D eigenvalue weighted by Crippen LogP contribution is 2.41. The van der Waals surface area contributed by atoms with E-state index in [1.807, 2.05) is 31.9 Å². The minimum absolute atomic E-state index is 0.0898. The normalized spacial score (nSPS) is 26.7. The van der Waals surface area contributed by atoms with E-state index < -0.39 is 0 Å². The molecule has 2 amide bonds. The lowest BCUT2D eigenvalue weighted by molar-refractivity contribution is -0.146. The molecule has 1 saturated carbocycles. The van der Waals surface area contributed by atoms with Gasteiger partial charge in [-0.25, -0.2) is 0 Å². The molecule has 0 aromatic carbocycles. The van der Waals surface area contributed by atoms with Crippen LogP contribution >= 0.6 is 0 Å². The van der Waals surface area contributed by atoms with Gasteiger partial charge in [-0.2, -0.15) is 0 Å². The first kappa shape index (κ1) is 17.6. The quantitative estimate of drug-likeness (QED) is 0.835. The Morgan fingerprint density at radius 3 is 2.58 bits per heavy atom. The van der Waals surface area contributed by atoms with Gasteiger partial charge in [0, 0.05) is 44.6 Å². The monoisotopic (exact) mass is 357 g/mol. The number of rotatable bonds is 3. The molecule has 1 atom stereocenters. The summed E-state index contributed by atoms with van der Waals surface area (Å²) in [5.74, 6) is 1.11. The van der Waals surface area contributed by atoms with Gasteiger partial charge < -0.3 is 14.4 Å². The van der Waals surface area contributed by atoms with E-state index in [-0.39, 0.29) is 11.3 Å². The Kier molecular flexibility index (Phi) is 4.36. The van der Waals surface area contributed by atoms with Gasteiger partial charge in [-0.15, -0.1) is 0 Å². The SMILES string of the molecule is Cc1cc(C(=O)N2CC[C@@]3(CCCN(CC4CCC4)C3=O)C2)c(C)n1C. The van der Waals surface area contributed by atoms with E-state index in [4.69, 9.17) is 0 Å². The van der Waals surface area contributed by atoms with E-state index in [1.165, 1.54) is 19.3 Å². The number of likely N-dealkylation sites (tertiary alicyclic amines) is 2. The molecule has 26 heavy (non-hydrogen) atoms. The second kappa shape index (κ2) is 6.43. The Labute approximate surface area is 156 Å². The van der Waals surface area contributed by atoms with Gasteiger partial charge in [-0.3, -0.25) is 9.59 Å². The number of aryl methyl sites for hydroxylation is 1. The van der Waals surface area contributed by atoms with E-state index in [9.17, 15) is 9.59 Å². The highest BCUT2D eigenvalue weighted by molar-refractivity contribution is 5.97. The second-order valence-corrected chi connectivity index (χ2v) is 8.75. The number of amides is 2. The number of aromatic nitrogens is 1. The van der Waals surface area contributed by atoms with Crippen molar-refractivity contribution in [1.82, 2.24) is 14.4 Å². The molecule has 3 heterocycles. The van der Waals surface area contributed by atoms with Gasteiger partial charge in [0.1, 0.15) is 0 Å². The Balaban J connectivity index is 1.48. The number of carbonyl (C=O) groups is 2. The van der Waals surface area contributed by atoms with Crippen LogP contribution in [0, 0.1) is 25.2 Å². The van der Waals surface area contributed by atoms with Crippen LogP contribution in [0.3, 0.4) is 0 Å². The largest absolute Gasteiger partial charge is 0.351 e. The summed E-state index contributed by atoms with van der Waals surface area (Å²) in [6.07, 6.45) is 6.69. The lowest BCUT2D eigenvalue weighted by atomic mass is 9.77. The molecule has 5 heteroatoms. The first-order valence-electron chi connectivity index (χ1n) is 10.1. The fourth-order valence-corrected chi connectivity index (χ4v) is 4.98. The van der Waals surface area contributed by atoms with Crippen LogP contribution in [0.15, 0.2) is 6.07 Å². The van der Waals surface area contributed by atoms with Crippen LogP contribution in [0.2, 0.25) is 0 Å². The van der Waals surface area contributed by atoms with Crippen LogP contribution < -0.4 is 0 Å². The fourth-order valence-electron chi connectivity index (χ4n) is 4.98. The zero-order valence-corrected chi connectivity index (χ0v) is 16.4. The van der Waals surface area contributed by atoms with Gasteiger partial charge in [-0.1, -0.05) is 6.42 Å². The summed E-state index contributed by atoms with van der Waals surface area (Å²) in [7, 11) is 2.00. The van der Waals surface area contributed by atoms with Gasteiger partial charge in [0.25, 0.3) is 5.91 Å². The van der Waals surface area contributed by atoms with Gasteiger partial charge in [0.05, 0.1) is 11.0 Å². The van der Waals surface area contributed by atoms with Crippen molar-refractivity contribution in [1.29, 1.82) is 0 Å². The molecule has 1 aromatic rings. The van der Waals surface area contributed by atoms with Crippen LogP contribution in [-0.4, -0.2) is 52.4 Å². The summed E-state index contributed by atoms with van der Waals surface area (Å²) in [4.78, 5) is 30.3. The molecule has 3 fully saturated rings. The van der Waals surface area contributed by atoms with Crippen molar-refractivity contribution < 1.29 is 9.59 Å². The molecule has 5 nitrogen and oxygen atoms in total. The summed E-state index contributed by atoms with van der Waals surface area (Å²) >= 11 is 0. The summed E-state index contributed by atoms with van der Waals surface area (Å²) in [6, 6.07) is 1.98. The molecule has 142 valence electrons. The fraction of sp³-hybridized carbons (Fsp3) is 0.714. The van der Waals surface area contributed by atoms with Crippen molar-refractivity contribution in [3.05, 3.63) is 23.0 Å². The van der Waals surface area contributed by atoms with Crippen LogP contribution in [-0.2, 0) is 11.8 Å². The van der Waals surface area contributed by atoms with E-state index >= 15 is 0 Å². The smallest absolute Gasteiger partial charge is 0.255 e. The third-order valence-corrected chi connectivity index (χ3v) is 7.17. The van der Waals surface area contributed by atoms with Crippen molar-refractivity contribution in [2.75, 3.05) is 26.2 Å². The predicted molar refractivity (Wildman–Crippen MR) is 101 cm³/mol. The van der Waals surface area contributed by atoms with Crippen LogP contribution in [0.4, 0.5) is 0 Å². The first-order chi connectivity index (χ1) is 12.4. The average Bonchev–Trinajstić information content (AvgIpc) is 3.12. The lowest BCUT2D eigenvalue weighted by Crippen LogP contribution is -2.52. The summed E-state index contributed by atoms with van der Waals surface area (Å²) in [5, 5.41) is 0. The molecule has 3 aliphatic rings.